The zero-order valence-corrected chi connectivity index (χ0v) is 4.45. The molecule has 0 radical (unpaired) electrons. The van der Waals surface area contributed by atoms with E-state index in [0.717, 1.165) is 7.05 Å². The topological polar surface area (TPSA) is 38.3 Å². The second-order valence-corrected chi connectivity index (χ2v) is 1.09. The van der Waals surface area contributed by atoms with Gasteiger partial charge in [0.2, 0.25) is 0 Å². The molecule has 0 saturated carbocycles. The molecule has 0 heterocycles. The molecule has 9 heavy (non-hydrogen) atoms. The minimum Gasteiger partial charge on any atom is -0.364 e. The van der Waals surface area contributed by atoms with Crippen LogP contribution in [-0.4, -0.2) is 19.2 Å². The van der Waals surface area contributed by atoms with Crippen LogP contribution in [0.1, 0.15) is 0 Å². The van der Waals surface area contributed by atoms with Gasteiger partial charge in [0.05, 0.1) is 0 Å². The molecule has 54 valence electrons. The largest absolute Gasteiger partial charge is 0.492 e. The molecule has 6 heteroatoms. The molecule has 0 unspecified atom stereocenters. The van der Waals surface area contributed by atoms with E-state index in [1.165, 1.54) is 0 Å². The van der Waals surface area contributed by atoms with Crippen LogP contribution in [0.5, 0.6) is 0 Å². The van der Waals surface area contributed by atoms with Crippen molar-refractivity contribution in [3.8, 4) is 0 Å². The van der Waals surface area contributed by atoms with Crippen LogP contribution in [0.25, 0.3) is 0 Å². The number of carbonyl (C=O) groups is 1. The van der Waals surface area contributed by atoms with Crippen molar-refractivity contribution in [3.05, 3.63) is 0 Å². The number of alkyl halides is 3. The van der Waals surface area contributed by atoms with Crippen LogP contribution in [0.2, 0.25) is 0 Å². The molecule has 0 aromatic heterocycles. The Morgan fingerprint density at radius 2 is 2.00 bits per heavy atom. The van der Waals surface area contributed by atoms with Crippen molar-refractivity contribution >= 4 is 5.97 Å². The highest BCUT2D eigenvalue weighted by Crippen LogP contribution is 2.15. The van der Waals surface area contributed by atoms with E-state index in [1.807, 2.05) is 0 Å². The standard InChI is InChI=1S/C3H4F3NO2/c1-7-9-2(8)3(4,5)6/h7H,1H3. The molecule has 0 saturated heterocycles. The highest BCUT2D eigenvalue weighted by atomic mass is 19.4. The Hall–Kier alpha value is -0.780. The maximum atomic E-state index is 11.1. The summed E-state index contributed by atoms with van der Waals surface area (Å²) in [5.41, 5.74) is 1.60. The lowest BCUT2D eigenvalue weighted by molar-refractivity contribution is -0.205. The van der Waals surface area contributed by atoms with Crippen LogP contribution in [0, 0.1) is 0 Å². The third kappa shape index (κ3) is 2.91. The maximum Gasteiger partial charge on any atom is 0.492 e. The number of nitrogens with one attached hydrogen (secondary N) is 1. The number of rotatable bonds is 1. The molecule has 0 spiro atoms. The molecule has 0 aliphatic rings. The van der Waals surface area contributed by atoms with E-state index in [1.54, 1.807) is 5.48 Å². The van der Waals surface area contributed by atoms with Crippen molar-refractivity contribution in [3.63, 3.8) is 0 Å². The van der Waals surface area contributed by atoms with Gasteiger partial charge in [0, 0.05) is 7.05 Å². The molecule has 0 aliphatic carbocycles. The van der Waals surface area contributed by atoms with Gasteiger partial charge in [-0.2, -0.15) is 18.7 Å². The fraction of sp³-hybridized carbons (Fsp3) is 0.667. The number of hydrogen-bond acceptors (Lipinski definition) is 3. The Labute approximate surface area is 48.7 Å². The van der Waals surface area contributed by atoms with Crippen LogP contribution in [0.3, 0.4) is 0 Å². The molecule has 0 rings (SSSR count). The number of hydrogen-bond donors (Lipinski definition) is 1. The summed E-state index contributed by atoms with van der Waals surface area (Å²) < 4.78 is 33.4. The van der Waals surface area contributed by atoms with Gasteiger partial charge in [0.1, 0.15) is 0 Å². The van der Waals surface area contributed by atoms with E-state index in [-0.39, 0.29) is 0 Å². The van der Waals surface area contributed by atoms with Crippen molar-refractivity contribution in [2.24, 2.45) is 0 Å². The van der Waals surface area contributed by atoms with Gasteiger partial charge in [0.25, 0.3) is 0 Å². The molecule has 0 aromatic rings. The average molecular weight is 143 g/mol. The van der Waals surface area contributed by atoms with Crippen LogP contribution < -0.4 is 5.48 Å². The van der Waals surface area contributed by atoms with Gasteiger partial charge in [-0.25, -0.2) is 4.79 Å². The average Bonchev–Trinajstić information content (AvgIpc) is 1.64. The zero-order valence-electron chi connectivity index (χ0n) is 4.45. The molecule has 1 N–H and O–H groups in total. The van der Waals surface area contributed by atoms with Gasteiger partial charge in [-0.15, -0.1) is 0 Å². The first kappa shape index (κ1) is 8.22. The Morgan fingerprint density at radius 3 is 2.11 bits per heavy atom. The van der Waals surface area contributed by atoms with Gasteiger partial charge in [-0.1, -0.05) is 0 Å². The lowest BCUT2D eigenvalue weighted by Gasteiger charge is -2.02. The van der Waals surface area contributed by atoms with Crippen molar-refractivity contribution < 1.29 is 22.8 Å². The fourth-order valence-corrected chi connectivity index (χ4v) is 0.151. The third-order valence-corrected chi connectivity index (χ3v) is 0.426. The highest BCUT2D eigenvalue weighted by molar-refractivity contribution is 5.75. The van der Waals surface area contributed by atoms with Crippen LogP contribution >= 0.6 is 0 Å². The summed E-state index contributed by atoms with van der Waals surface area (Å²) in [6.07, 6.45) is -4.91. The third-order valence-electron chi connectivity index (χ3n) is 0.426. The van der Waals surface area contributed by atoms with Crippen molar-refractivity contribution in [1.29, 1.82) is 0 Å². The summed E-state index contributed by atoms with van der Waals surface area (Å²) >= 11 is 0. The lowest BCUT2D eigenvalue weighted by atomic mass is 10.7. The van der Waals surface area contributed by atoms with Gasteiger partial charge in [-0.05, 0) is 0 Å². The summed E-state index contributed by atoms with van der Waals surface area (Å²) in [5.74, 6) is -2.25. The molecule has 0 fully saturated rings. The van der Waals surface area contributed by atoms with Crippen molar-refractivity contribution in [2.75, 3.05) is 7.05 Å². The molecule has 0 bridgehead atoms. The van der Waals surface area contributed by atoms with E-state index >= 15 is 0 Å². The Balaban J connectivity index is 3.74. The second-order valence-electron chi connectivity index (χ2n) is 1.09. The first-order valence-electron chi connectivity index (χ1n) is 1.93. The van der Waals surface area contributed by atoms with Crippen molar-refractivity contribution in [2.45, 2.75) is 6.18 Å². The van der Waals surface area contributed by atoms with Gasteiger partial charge in [0.15, 0.2) is 0 Å². The molecule has 0 aliphatic heterocycles. The van der Waals surface area contributed by atoms with Gasteiger partial charge >= 0.3 is 12.1 Å². The Kier molecular flexibility index (Phi) is 2.44. The predicted octanol–water partition coefficient (Wildman–Crippen LogP) is 0.226. The van der Waals surface area contributed by atoms with E-state index in [2.05, 4.69) is 4.84 Å². The lowest BCUT2D eigenvalue weighted by Crippen LogP contribution is -2.29. The SMILES string of the molecule is CNOC(=O)C(F)(F)F. The molecule has 0 amide bonds. The van der Waals surface area contributed by atoms with Gasteiger partial charge in [-0.3, -0.25) is 0 Å². The second kappa shape index (κ2) is 2.67. The Morgan fingerprint density at radius 1 is 1.56 bits per heavy atom. The monoisotopic (exact) mass is 143 g/mol. The van der Waals surface area contributed by atoms with E-state index in [9.17, 15) is 18.0 Å². The summed E-state index contributed by atoms with van der Waals surface area (Å²) in [6, 6.07) is 0. The minimum absolute atomic E-state index is 1.06. The number of hydroxylamine groups is 1. The maximum absolute atomic E-state index is 11.1. The normalized spacial score (nSPS) is 11.1. The highest BCUT2D eigenvalue weighted by Gasteiger charge is 2.41. The summed E-state index contributed by atoms with van der Waals surface area (Å²) in [5, 5.41) is 0. The minimum atomic E-state index is -4.91. The molecular formula is C3H4F3NO2. The molecule has 3 nitrogen and oxygen atoms in total. The first-order valence-corrected chi connectivity index (χ1v) is 1.93. The Bertz CT molecular complexity index is 110. The van der Waals surface area contributed by atoms with E-state index in [0.29, 0.717) is 0 Å². The molecular weight excluding hydrogens is 139 g/mol. The van der Waals surface area contributed by atoms with Crippen molar-refractivity contribution in [1.82, 2.24) is 5.48 Å². The van der Waals surface area contributed by atoms with Crippen LogP contribution in [0.4, 0.5) is 13.2 Å². The first-order chi connectivity index (χ1) is 3.98. The van der Waals surface area contributed by atoms with Gasteiger partial charge < -0.3 is 4.84 Å². The molecule has 0 atom stereocenters. The predicted molar refractivity (Wildman–Crippen MR) is 21.2 cm³/mol. The smallest absolute Gasteiger partial charge is 0.364 e. The van der Waals surface area contributed by atoms with E-state index < -0.39 is 12.1 Å². The van der Waals surface area contributed by atoms with Crippen LogP contribution in [0.15, 0.2) is 0 Å². The summed E-state index contributed by atoms with van der Waals surface area (Å²) in [7, 11) is 1.06. The van der Waals surface area contributed by atoms with E-state index in [4.69, 9.17) is 0 Å². The molecule has 0 aromatic carbocycles. The number of halogens is 3. The number of carbonyl (C=O) groups excluding carboxylic acids is 1. The fourth-order valence-electron chi connectivity index (χ4n) is 0.151. The van der Waals surface area contributed by atoms with Crippen LogP contribution in [-0.2, 0) is 9.63 Å². The summed E-state index contributed by atoms with van der Waals surface area (Å²) in [4.78, 5) is 13.0. The quantitative estimate of drug-likeness (QED) is 0.534. The zero-order chi connectivity index (χ0) is 7.49. The summed E-state index contributed by atoms with van der Waals surface area (Å²) in [6.45, 7) is 0.